The lowest BCUT2D eigenvalue weighted by atomic mass is 10.1. The van der Waals surface area contributed by atoms with Crippen molar-refractivity contribution in [2.75, 3.05) is 29.9 Å². The lowest BCUT2D eigenvalue weighted by Crippen LogP contribution is -2.42. The number of aliphatic carboxylic acids is 1. The number of nitrogens with zero attached hydrogens (tertiary/aromatic N) is 2. The van der Waals surface area contributed by atoms with Crippen LogP contribution in [0.1, 0.15) is 27.2 Å². The van der Waals surface area contributed by atoms with Gasteiger partial charge in [0.05, 0.1) is 12.1 Å². The number of likely N-dealkylation sites (N-methyl/N-ethyl adjacent to an activating group) is 1. The molecule has 2 rings (SSSR count). The Kier molecular flexibility index (Phi) is 5.13. The molecule has 1 N–H and O–H groups in total. The van der Waals surface area contributed by atoms with E-state index in [1.165, 1.54) is 0 Å². The predicted octanol–water partition coefficient (Wildman–Crippen LogP) is 2.37. The van der Waals surface area contributed by atoms with E-state index in [2.05, 4.69) is 13.8 Å². The van der Waals surface area contributed by atoms with E-state index in [0.717, 1.165) is 17.9 Å². The lowest BCUT2D eigenvalue weighted by Gasteiger charge is -2.32. The fraction of sp³-hybridized carbons (Fsp3) is 0.529. The number of carbonyl (C=O) groups is 2. The van der Waals surface area contributed by atoms with Crippen LogP contribution in [0.25, 0.3) is 0 Å². The van der Waals surface area contributed by atoms with Crippen LogP contribution >= 0.6 is 0 Å². The average molecular weight is 320 g/mol. The van der Waals surface area contributed by atoms with E-state index in [1.54, 1.807) is 18.9 Å². The van der Waals surface area contributed by atoms with Crippen LogP contribution in [0.3, 0.4) is 0 Å². The Morgan fingerprint density at radius 1 is 1.43 bits per heavy atom. The van der Waals surface area contributed by atoms with Crippen molar-refractivity contribution in [2.24, 2.45) is 5.92 Å². The van der Waals surface area contributed by atoms with Gasteiger partial charge in [0.25, 0.3) is 5.91 Å². The SMILES string of the molecule is CC(C)CN(CCC(=O)O)c1ccc2c(c1)OC(C)C(=O)N2C. The molecule has 0 bridgehead atoms. The lowest BCUT2D eigenvalue weighted by molar-refractivity contribution is -0.136. The van der Waals surface area contributed by atoms with Gasteiger partial charge in [-0.15, -0.1) is 0 Å². The Morgan fingerprint density at radius 3 is 2.74 bits per heavy atom. The second-order valence-electron chi connectivity index (χ2n) is 6.29. The third-order valence-corrected chi connectivity index (χ3v) is 3.83. The molecule has 0 fully saturated rings. The number of carboxylic acids is 1. The quantitative estimate of drug-likeness (QED) is 0.871. The Morgan fingerprint density at radius 2 is 2.13 bits per heavy atom. The van der Waals surface area contributed by atoms with E-state index in [4.69, 9.17) is 9.84 Å². The number of anilines is 2. The maximum atomic E-state index is 12.0. The van der Waals surface area contributed by atoms with E-state index in [0.29, 0.717) is 18.2 Å². The normalized spacial score (nSPS) is 17.0. The van der Waals surface area contributed by atoms with E-state index in [1.807, 2.05) is 23.1 Å². The molecule has 1 aromatic carbocycles. The van der Waals surface area contributed by atoms with Gasteiger partial charge in [-0.3, -0.25) is 9.59 Å². The zero-order chi connectivity index (χ0) is 17.1. The Balaban J connectivity index is 2.28. The maximum absolute atomic E-state index is 12.0. The molecule has 1 heterocycles. The number of rotatable bonds is 6. The van der Waals surface area contributed by atoms with Gasteiger partial charge < -0.3 is 19.6 Å². The van der Waals surface area contributed by atoms with E-state index >= 15 is 0 Å². The molecule has 6 nitrogen and oxygen atoms in total. The Labute approximate surface area is 136 Å². The van der Waals surface area contributed by atoms with Crippen molar-refractivity contribution in [1.82, 2.24) is 0 Å². The van der Waals surface area contributed by atoms with Crippen LogP contribution in [0.15, 0.2) is 18.2 Å². The summed E-state index contributed by atoms with van der Waals surface area (Å²) >= 11 is 0. The number of ether oxygens (including phenoxy) is 1. The zero-order valence-electron chi connectivity index (χ0n) is 14.1. The molecular formula is C17H24N2O4. The average Bonchev–Trinajstić information content (AvgIpc) is 2.48. The summed E-state index contributed by atoms with van der Waals surface area (Å²) in [6, 6.07) is 5.65. The molecule has 0 aliphatic carbocycles. The molecule has 1 aliphatic rings. The van der Waals surface area contributed by atoms with E-state index < -0.39 is 12.1 Å². The first-order valence-electron chi connectivity index (χ1n) is 7.84. The summed E-state index contributed by atoms with van der Waals surface area (Å²) in [4.78, 5) is 26.5. The van der Waals surface area contributed by atoms with Crippen molar-refractivity contribution in [3.8, 4) is 5.75 Å². The highest BCUT2D eigenvalue weighted by molar-refractivity contribution is 5.99. The molecule has 0 spiro atoms. The van der Waals surface area contributed by atoms with Crippen LogP contribution in [0.4, 0.5) is 11.4 Å². The standard InChI is InChI=1S/C17H24N2O4/c1-11(2)10-19(8-7-16(20)21)13-5-6-14-15(9-13)23-12(3)17(22)18(14)4/h5-6,9,11-12H,7-8,10H2,1-4H3,(H,20,21). The molecule has 6 heteroatoms. The molecule has 1 unspecified atom stereocenters. The zero-order valence-corrected chi connectivity index (χ0v) is 14.1. The summed E-state index contributed by atoms with van der Waals surface area (Å²) in [6.07, 6.45) is -0.431. The maximum Gasteiger partial charge on any atom is 0.305 e. The summed E-state index contributed by atoms with van der Waals surface area (Å²) in [7, 11) is 1.73. The number of hydrogen-bond donors (Lipinski definition) is 1. The van der Waals surface area contributed by atoms with Gasteiger partial charge in [0, 0.05) is 31.9 Å². The van der Waals surface area contributed by atoms with Crippen molar-refractivity contribution < 1.29 is 19.4 Å². The monoisotopic (exact) mass is 320 g/mol. The minimum absolute atomic E-state index is 0.0739. The number of fused-ring (bicyclic) bond motifs is 1. The van der Waals surface area contributed by atoms with Gasteiger partial charge in [-0.1, -0.05) is 13.8 Å². The van der Waals surface area contributed by atoms with Crippen molar-refractivity contribution in [2.45, 2.75) is 33.3 Å². The van der Waals surface area contributed by atoms with Gasteiger partial charge in [-0.2, -0.15) is 0 Å². The summed E-state index contributed by atoms with van der Waals surface area (Å²) in [5.74, 6) is 0.173. The summed E-state index contributed by atoms with van der Waals surface area (Å²) in [5, 5.41) is 8.94. The molecule has 1 aromatic rings. The van der Waals surface area contributed by atoms with Crippen LogP contribution in [0.2, 0.25) is 0 Å². The van der Waals surface area contributed by atoms with Crippen LogP contribution < -0.4 is 14.5 Å². The fourth-order valence-corrected chi connectivity index (χ4v) is 2.70. The molecule has 1 aliphatic heterocycles. The second kappa shape index (κ2) is 6.89. The Bertz CT molecular complexity index is 600. The summed E-state index contributed by atoms with van der Waals surface area (Å²) < 4.78 is 5.70. The molecule has 0 saturated carbocycles. The molecule has 0 saturated heterocycles. The summed E-state index contributed by atoms with van der Waals surface area (Å²) in [5.41, 5.74) is 1.65. The fourth-order valence-electron chi connectivity index (χ4n) is 2.70. The smallest absolute Gasteiger partial charge is 0.305 e. The van der Waals surface area contributed by atoms with Crippen molar-refractivity contribution >= 4 is 23.3 Å². The van der Waals surface area contributed by atoms with E-state index in [9.17, 15) is 9.59 Å². The largest absolute Gasteiger partial charge is 0.481 e. The molecule has 0 radical (unpaired) electrons. The van der Waals surface area contributed by atoms with Crippen molar-refractivity contribution in [1.29, 1.82) is 0 Å². The molecule has 23 heavy (non-hydrogen) atoms. The van der Waals surface area contributed by atoms with Crippen LogP contribution in [-0.4, -0.2) is 43.2 Å². The van der Waals surface area contributed by atoms with Crippen molar-refractivity contribution in [3.63, 3.8) is 0 Å². The number of amides is 1. The van der Waals surface area contributed by atoms with Gasteiger partial charge in [0.15, 0.2) is 6.10 Å². The molecule has 1 amide bonds. The summed E-state index contributed by atoms with van der Waals surface area (Å²) in [6.45, 7) is 7.12. The predicted molar refractivity (Wildman–Crippen MR) is 89.2 cm³/mol. The van der Waals surface area contributed by atoms with Crippen LogP contribution in [0.5, 0.6) is 5.75 Å². The third-order valence-electron chi connectivity index (χ3n) is 3.83. The highest BCUT2D eigenvalue weighted by atomic mass is 16.5. The molecule has 1 atom stereocenters. The highest BCUT2D eigenvalue weighted by Gasteiger charge is 2.29. The van der Waals surface area contributed by atoms with Gasteiger partial charge in [0.2, 0.25) is 0 Å². The van der Waals surface area contributed by atoms with Crippen molar-refractivity contribution in [3.05, 3.63) is 18.2 Å². The van der Waals surface area contributed by atoms with Crippen LogP contribution in [0, 0.1) is 5.92 Å². The first-order chi connectivity index (χ1) is 10.8. The number of benzene rings is 1. The topological polar surface area (TPSA) is 70.1 Å². The molecular weight excluding hydrogens is 296 g/mol. The number of carboxylic acid groups (broad SMARTS) is 1. The number of hydrogen-bond acceptors (Lipinski definition) is 4. The van der Waals surface area contributed by atoms with Gasteiger partial charge in [-0.05, 0) is 25.0 Å². The second-order valence-corrected chi connectivity index (χ2v) is 6.29. The highest BCUT2D eigenvalue weighted by Crippen LogP contribution is 2.36. The minimum Gasteiger partial charge on any atom is -0.481 e. The first kappa shape index (κ1) is 17.1. The first-order valence-corrected chi connectivity index (χ1v) is 7.84. The van der Waals surface area contributed by atoms with Gasteiger partial charge >= 0.3 is 5.97 Å². The minimum atomic E-state index is -0.813. The number of carbonyl (C=O) groups excluding carboxylic acids is 1. The molecule has 126 valence electrons. The third kappa shape index (κ3) is 3.94. The Hall–Kier alpha value is -2.24. The van der Waals surface area contributed by atoms with E-state index in [-0.39, 0.29) is 12.3 Å². The van der Waals surface area contributed by atoms with Gasteiger partial charge in [0.1, 0.15) is 5.75 Å². The van der Waals surface area contributed by atoms with Gasteiger partial charge in [-0.25, -0.2) is 0 Å². The molecule has 0 aromatic heterocycles. The van der Waals surface area contributed by atoms with Crippen LogP contribution in [-0.2, 0) is 9.59 Å².